The summed E-state index contributed by atoms with van der Waals surface area (Å²) in [4.78, 5) is 31.6. The van der Waals surface area contributed by atoms with Crippen molar-refractivity contribution in [1.29, 1.82) is 0 Å². The monoisotopic (exact) mass is 414 g/mol. The Morgan fingerprint density at radius 3 is 2.69 bits per heavy atom. The molecule has 2 aromatic rings. The van der Waals surface area contributed by atoms with E-state index in [9.17, 15) is 9.59 Å². The number of hydrogen-bond acceptors (Lipinski definition) is 4. The minimum absolute atomic E-state index is 0.0580. The van der Waals surface area contributed by atoms with Gasteiger partial charge >= 0.3 is 0 Å². The highest BCUT2D eigenvalue weighted by Gasteiger charge is 2.31. The number of carbonyl (C=O) groups is 2. The van der Waals surface area contributed by atoms with Crippen LogP contribution in [0.15, 0.2) is 36.5 Å². The van der Waals surface area contributed by atoms with Crippen LogP contribution in [0.4, 0.5) is 11.5 Å². The Morgan fingerprint density at radius 1 is 1.21 bits per heavy atom. The molecule has 0 radical (unpaired) electrons. The average Bonchev–Trinajstić information content (AvgIpc) is 2.71. The molecule has 1 saturated heterocycles. The SMILES string of the molecule is Cc1ccc(NC(=O)C(C)N2CCCC(C(=O)Nc3ccc(Cl)cn3)C2)c(C)c1. The Balaban J connectivity index is 1.59. The van der Waals surface area contributed by atoms with Crippen LogP contribution >= 0.6 is 11.6 Å². The number of hydrogen-bond donors (Lipinski definition) is 2. The van der Waals surface area contributed by atoms with Crippen LogP contribution in [-0.2, 0) is 9.59 Å². The normalized spacial score (nSPS) is 18.1. The fraction of sp³-hybridized carbons (Fsp3) is 0.409. The Kier molecular flexibility index (Phi) is 6.87. The van der Waals surface area contributed by atoms with E-state index in [1.807, 2.05) is 39.0 Å². The predicted molar refractivity (Wildman–Crippen MR) is 116 cm³/mol. The third-order valence-electron chi connectivity index (χ3n) is 5.37. The highest BCUT2D eigenvalue weighted by atomic mass is 35.5. The van der Waals surface area contributed by atoms with Gasteiger partial charge in [-0.25, -0.2) is 4.98 Å². The molecule has 1 aliphatic rings. The molecule has 2 N–H and O–H groups in total. The van der Waals surface area contributed by atoms with Crippen molar-refractivity contribution in [2.24, 2.45) is 5.92 Å². The fourth-order valence-corrected chi connectivity index (χ4v) is 3.72. The third-order valence-corrected chi connectivity index (χ3v) is 5.59. The Morgan fingerprint density at radius 2 is 2.00 bits per heavy atom. The second-order valence-corrected chi connectivity index (χ2v) is 8.11. The molecule has 2 unspecified atom stereocenters. The first kappa shape index (κ1) is 21.3. The Labute approximate surface area is 176 Å². The molecule has 1 aromatic carbocycles. The van der Waals surface area contributed by atoms with E-state index in [1.165, 1.54) is 6.20 Å². The molecular formula is C22H27ClN4O2. The van der Waals surface area contributed by atoms with Crippen LogP contribution in [0.3, 0.4) is 0 Å². The Bertz CT molecular complexity index is 885. The molecular weight excluding hydrogens is 388 g/mol. The van der Waals surface area contributed by atoms with Crippen molar-refractivity contribution in [3.05, 3.63) is 52.7 Å². The summed E-state index contributed by atoms with van der Waals surface area (Å²) in [7, 11) is 0. The maximum atomic E-state index is 12.8. The quantitative estimate of drug-likeness (QED) is 0.774. The second-order valence-electron chi connectivity index (χ2n) is 7.67. The maximum absolute atomic E-state index is 12.8. The molecule has 2 heterocycles. The van der Waals surface area contributed by atoms with Crippen LogP contribution in [0, 0.1) is 19.8 Å². The highest BCUT2D eigenvalue weighted by Crippen LogP contribution is 2.22. The number of amides is 2. The first-order valence-electron chi connectivity index (χ1n) is 9.88. The van der Waals surface area contributed by atoms with Crippen molar-refractivity contribution >= 4 is 34.9 Å². The molecule has 0 bridgehead atoms. The zero-order valence-corrected chi connectivity index (χ0v) is 17.8. The number of nitrogens with one attached hydrogen (secondary N) is 2. The summed E-state index contributed by atoms with van der Waals surface area (Å²) < 4.78 is 0. The lowest BCUT2D eigenvalue weighted by atomic mass is 9.95. The molecule has 6 nitrogen and oxygen atoms in total. The van der Waals surface area contributed by atoms with Gasteiger partial charge in [-0.1, -0.05) is 29.3 Å². The van der Waals surface area contributed by atoms with Crippen molar-refractivity contribution < 1.29 is 9.59 Å². The van der Waals surface area contributed by atoms with Crippen LogP contribution in [0.5, 0.6) is 0 Å². The number of benzene rings is 1. The number of halogens is 1. The zero-order valence-electron chi connectivity index (χ0n) is 17.0. The smallest absolute Gasteiger partial charge is 0.241 e. The van der Waals surface area contributed by atoms with Gasteiger partial charge in [-0.2, -0.15) is 0 Å². The molecule has 0 aliphatic carbocycles. The summed E-state index contributed by atoms with van der Waals surface area (Å²) in [5.41, 5.74) is 3.03. The maximum Gasteiger partial charge on any atom is 0.241 e. The van der Waals surface area contributed by atoms with Gasteiger partial charge in [-0.3, -0.25) is 14.5 Å². The topological polar surface area (TPSA) is 74.3 Å². The Hall–Kier alpha value is -2.44. The molecule has 1 fully saturated rings. The van der Waals surface area contributed by atoms with Crippen LogP contribution < -0.4 is 10.6 Å². The first-order chi connectivity index (χ1) is 13.8. The fourth-order valence-electron chi connectivity index (χ4n) is 3.61. The van der Waals surface area contributed by atoms with Crippen molar-refractivity contribution in [2.45, 2.75) is 39.7 Å². The minimum Gasteiger partial charge on any atom is -0.324 e. The number of aryl methyl sites for hydroxylation is 2. The van der Waals surface area contributed by atoms with E-state index in [0.29, 0.717) is 17.4 Å². The van der Waals surface area contributed by atoms with Gasteiger partial charge in [0, 0.05) is 18.4 Å². The standard InChI is InChI=1S/C22H27ClN4O2/c1-14-6-8-19(15(2)11-14)25-21(28)16(3)27-10-4-5-17(13-27)22(29)26-20-9-7-18(23)12-24-20/h6-9,11-12,16-17H,4-5,10,13H2,1-3H3,(H,25,28)(H,24,26,29). The second kappa shape index (κ2) is 9.37. The average molecular weight is 415 g/mol. The minimum atomic E-state index is -0.319. The van der Waals surface area contributed by atoms with E-state index in [4.69, 9.17) is 11.6 Å². The number of carbonyl (C=O) groups excluding carboxylic acids is 2. The van der Waals surface area contributed by atoms with Crippen LogP contribution in [0.1, 0.15) is 30.9 Å². The number of pyridine rings is 1. The van der Waals surface area contributed by atoms with Gasteiger partial charge in [0.05, 0.1) is 17.0 Å². The molecule has 1 aliphatic heterocycles. The van der Waals surface area contributed by atoms with Crippen LogP contribution in [0.25, 0.3) is 0 Å². The lowest BCUT2D eigenvalue weighted by Crippen LogP contribution is -2.49. The van der Waals surface area contributed by atoms with Crippen LogP contribution in [-0.4, -0.2) is 40.8 Å². The lowest BCUT2D eigenvalue weighted by Gasteiger charge is -2.35. The summed E-state index contributed by atoms with van der Waals surface area (Å²) in [6.07, 6.45) is 3.17. The number of aromatic nitrogens is 1. The number of piperidine rings is 1. The van der Waals surface area contributed by atoms with Gasteiger partial charge < -0.3 is 10.6 Å². The van der Waals surface area contributed by atoms with Crippen molar-refractivity contribution in [3.8, 4) is 0 Å². The summed E-state index contributed by atoms with van der Waals surface area (Å²) in [5.74, 6) is 0.165. The van der Waals surface area contributed by atoms with E-state index in [1.54, 1.807) is 12.1 Å². The molecule has 1 aromatic heterocycles. The summed E-state index contributed by atoms with van der Waals surface area (Å²) in [6.45, 7) is 7.24. The van der Waals surface area contributed by atoms with E-state index in [-0.39, 0.29) is 23.8 Å². The largest absolute Gasteiger partial charge is 0.324 e. The predicted octanol–water partition coefficient (Wildman–Crippen LogP) is 4.03. The zero-order chi connectivity index (χ0) is 21.0. The van der Waals surface area contributed by atoms with Crippen molar-refractivity contribution in [3.63, 3.8) is 0 Å². The molecule has 29 heavy (non-hydrogen) atoms. The summed E-state index contributed by atoms with van der Waals surface area (Å²) in [5, 5.41) is 6.39. The van der Waals surface area contributed by atoms with Gasteiger partial charge in [0.15, 0.2) is 0 Å². The molecule has 154 valence electrons. The number of nitrogens with zero attached hydrogens (tertiary/aromatic N) is 2. The summed E-state index contributed by atoms with van der Waals surface area (Å²) >= 11 is 5.84. The van der Waals surface area contributed by atoms with E-state index < -0.39 is 0 Å². The third kappa shape index (κ3) is 5.55. The van der Waals surface area contributed by atoms with Gasteiger partial charge in [0.2, 0.25) is 11.8 Å². The van der Waals surface area contributed by atoms with E-state index in [0.717, 1.165) is 36.2 Å². The molecule has 3 rings (SSSR count). The number of likely N-dealkylation sites (tertiary alicyclic amines) is 1. The van der Waals surface area contributed by atoms with E-state index >= 15 is 0 Å². The summed E-state index contributed by atoms with van der Waals surface area (Å²) in [6, 6.07) is 9.02. The van der Waals surface area contributed by atoms with Crippen molar-refractivity contribution in [2.75, 3.05) is 23.7 Å². The van der Waals surface area contributed by atoms with Crippen molar-refractivity contribution in [1.82, 2.24) is 9.88 Å². The lowest BCUT2D eigenvalue weighted by molar-refractivity contribution is -0.125. The number of rotatable bonds is 5. The van der Waals surface area contributed by atoms with Gasteiger partial charge in [-0.15, -0.1) is 0 Å². The van der Waals surface area contributed by atoms with Crippen LogP contribution in [0.2, 0.25) is 5.02 Å². The van der Waals surface area contributed by atoms with Gasteiger partial charge in [0.1, 0.15) is 5.82 Å². The molecule has 0 spiro atoms. The molecule has 0 saturated carbocycles. The molecule has 2 amide bonds. The first-order valence-corrected chi connectivity index (χ1v) is 10.3. The molecule has 2 atom stereocenters. The van der Waals surface area contributed by atoms with Gasteiger partial charge in [0.25, 0.3) is 0 Å². The highest BCUT2D eigenvalue weighted by molar-refractivity contribution is 6.30. The molecule has 7 heteroatoms. The number of anilines is 2. The van der Waals surface area contributed by atoms with E-state index in [2.05, 4.69) is 20.5 Å². The van der Waals surface area contributed by atoms with Gasteiger partial charge in [-0.05, 0) is 63.9 Å².